The molecule has 1 aromatic carbocycles. The topological polar surface area (TPSA) is 43.1 Å². The quantitative estimate of drug-likeness (QED) is 0.739. The van der Waals surface area contributed by atoms with Crippen LogP contribution in [0, 0.1) is 0 Å². The van der Waals surface area contributed by atoms with Gasteiger partial charge in [0.2, 0.25) is 0 Å². The lowest BCUT2D eigenvalue weighted by Gasteiger charge is -2.05. The third-order valence-electron chi connectivity index (χ3n) is 2.12. The van der Waals surface area contributed by atoms with E-state index in [9.17, 15) is 4.79 Å². The van der Waals surface area contributed by atoms with E-state index in [1.807, 2.05) is 30.3 Å². The van der Waals surface area contributed by atoms with E-state index in [4.69, 9.17) is 5.73 Å². The highest BCUT2D eigenvalue weighted by Gasteiger charge is 2.06. The maximum absolute atomic E-state index is 11.3. The molecule has 0 heterocycles. The van der Waals surface area contributed by atoms with Crippen molar-refractivity contribution in [3.05, 3.63) is 47.2 Å². The van der Waals surface area contributed by atoms with Crippen LogP contribution in [0.3, 0.4) is 0 Å². The molecule has 0 atom stereocenters. The molecule has 0 amide bonds. The van der Waals surface area contributed by atoms with Crippen LogP contribution in [0.1, 0.15) is 19.4 Å². The predicted molar refractivity (Wildman–Crippen MR) is 57.7 cm³/mol. The van der Waals surface area contributed by atoms with Gasteiger partial charge < -0.3 is 5.73 Å². The number of benzene rings is 1. The fourth-order valence-corrected chi connectivity index (χ4v) is 1.34. The molecule has 0 spiro atoms. The van der Waals surface area contributed by atoms with Crippen molar-refractivity contribution >= 4 is 5.78 Å². The largest absolute Gasteiger partial charge is 0.402 e. The monoisotopic (exact) mass is 189 g/mol. The van der Waals surface area contributed by atoms with Gasteiger partial charge in [0, 0.05) is 17.7 Å². The molecule has 0 aliphatic carbocycles. The Labute approximate surface area is 84.4 Å². The van der Waals surface area contributed by atoms with Crippen LogP contribution in [0.4, 0.5) is 0 Å². The van der Waals surface area contributed by atoms with Crippen molar-refractivity contribution in [1.29, 1.82) is 0 Å². The van der Waals surface area contributed by atoms with Crippen LogP contribution in [0.5, 0.6) is 0 Å². The fourth-order valence-electron chi connectivity index (χ4n) is 1.34. The molecule has 2 heteroatoms. The van der Waals surface area contributed by atoms with E-state index in [0.29, 0.717) is 17.7 Å². The highest BCUT2D eigenvalue weighted by molar-refractivity contribution is 5.94. The van der Waals surface area contributed by atoms with E-state index in [-0.39, 0.29) is 5.78 Å². The number of hydrogen-bond donors (Lipinski definition) is 1. The third-order valence-corrected chi connectivity index (χ3v) is 2.12. The van der Waals surface area contributed by atoms with Crippen LogP contribution in [-0.4, -0.2) is 5.78 Å². The van der Waals surface area contributed by atoms with Crippen molar-refractivity contribution in [2.45, 2.75) is 20.3 Å². The molecule has 2 nitrogen and oxygen atoms in total. The van der Waals surface area contributed by atoms with E-state index in [0.717, 1.165) is 5.56 Å². The molecule has 1 aromatic rings. The van der Waals surface area contributed by atoms with Crippen LogP contribution in [-0.2, 0) is 11.2 Å². The van der Waals surface area contributed by atoms with E-state index < -0.39 is 0 Å². The van der Waals surface area contributed by atoms with Crippen LogP contribution < -0.4 is 5.73 Å². The number of nitrogens with two attached hydrogens (primary N) is 1. The van der Waals surface area contributed by atoms with Crippen molar-refractivity contribution in [2.75, 3.05) is 0 Å². The standard InChI is InChI=1S/C12H15NO/c1-9(13)12(10(2)14)8-11-6-4-3-5-7-11/h3-7H,8,13H2,1-2H3. The van der Waals surface area contributed by atoms with Crippen molar-refractivity contribution in [1.82, 2.24) is 0 Å². The lowest BCUT2D eigenvalue weighted by atomic mass is 10.0. The summed E-state index contributed by atoms with van der Waals surface area (Å²) in [6.45, 7) is 3.31. The predicted octanol–water partition coefficient (Wildman–Crippen LogP) is 2.05. The Kier molecular flexibility index (Phi) is 3.46. The maximum Gasteiger partial charge on any atom is 0.157 e. The average molecular weight is 189 g/mol. The normalized spacial score (nSPS) is 12.1. The van der Waals surface area contributed by atoms with Crippen LogP contribution >= 0.6 is 0 Å². The Morgan fingerprint density at radius 3 is 2.21 bits per heavy atom. The lowest BCUT2D eigenvalue weighted by molar-refractivity contribution is -0.113. The second-order valence-corrected chi connectivity index (χ2v) is 3.38. The summed E-state index contributed by atoms with van der Waals surface area (Å²) in [4.78, 5) is 11.3. The van der Waals surface area contributed by atoms with E-state index in [1.54, 1.807) is 13.8 Å². The van der Waals surface area contributed by atoms with Gasteiger partial charge in [-0.1, -0.05) is 30.3 Å². The van der Waals surface area contributed by atoms with Gasteiger partial charge in [0.1, 0.15) is 0 Å². The molecule has 0 aliphatic rings. The zero-order chi connectivity index (χ0) is 10.6. The van der Waals surface area contributed by atoms with Crippen LogP contribution in [0.15, 0.2) is 41.6 Å². The summed E-state index contributed by atoms with van der Waals surface area (Å²) >= 11 is 0. The van der Waals surface area contributed by atoms with Gasteiger partial charge >= 0.3 is 0 Å². The third kappa shape index (κ3) is 2.73. The SMILES string of the molecule is CC(=O)C(Cc1ccccc1)=C(C)N. The first-order valence-corrected chi connectivity index (χ1v) is 4.61. The zero-order valence-corrected chi connectivity index (χ0v) is 8.58. The molecule has 0 aliphatic heterocycles. The number of carbonyl (C=O) groups excluding carboxylic acids is 1. The highest BCUT2D eigenvalue weighted by Crippen LogP contribution is 2.10. The first kappa shape index (κ1) is 10.5. The Morgan fingerprint density at radius 1 is 1.21 bits per heavy atom. The molecule has 14 heavy (non-hydrogen) atoms. The molecule has 0 aromatic heterocycles. The number of carbonyl (C=O) groups is 1. The molecule has 0 radical (unpaired) electrons. The average Bonchev–Trinajstić information content (AvgIpc) is 2.15. The van der Waals surface area contributed by atoms with Gasteiger partial charge in [-0.05, 0) is 19.4 Å². The van der Waals surface area contributed by atoms with E-state index >= 15 is 0 Å². The second-order valence-electron chi connectivity index (χ2n) is 3.38. The Balaban J connectivity index is 2.87. The van der Waals surface area contributed by atoms with Gasteiger partial charge in [0.05, 0.1) is 0 Å². The number of hydrogen-bond acceptors (Lipinski definition) is 2. The number of Topliss-reactive ketones (excluding diaryl/α,β-unsaturated/α-hetero) is 1. The maximum atomic E-state index is 11.3. The number of rotatable bonds is 3. The van der Waals surface area contributed by atoms with Gasteiger partial charge in [-0.3, -0.25) is 4.79 Å². The number of allylic oxidation sites excluding steroid dienone is 2. The fraction of sp³-hybridized carbons (Fsp3) is 0.250. The highest BCUT2D eigenvalue weighted by atomic mass is 16.1. The van der Waals surface area contributed by atoms with E-state index in [1.165, 1.54) is 0 Å². The van der Waals surface area contributed by atoms with Gasteiger partial charge in [-0.15, -0.1) is 0 Å². The zero-order valence-electron chi connectivity index (χ0n) is 8.58. The summed E-state index contributed by atoms with van der Waals surface area (Å²) < 4.78 is 0. The Bertz CT molecular complexity index is 348. The summed E-state index contributed by atoms with van der Waals surface area (Å²) in [6.07, 6.45) is 0.624. The lowest BCUT2D eigenvalue weighted by Crippen LogP contribution is -2.08. The van der Waals surface area contributed by atoms with Crippen molar-refractivity contribution < 1.29 is 4.79 Å². The molecular weight excluding hydrogens is 174 g/mol. The van der Waals surface area contributed by atoms with Gasteiger partial charge in [-0.25, -0.2) is 0 Å². The summed E-state index contributed by atoms with van der Waals surface area (Å²) in [5.74, 6) is 0.0499. The van der Waals surface area contributed by atoms with Crippen molar-refractivity contribution in [3.8, 4) is 0 Å². The minimum atomic E-state index is 0.0499. The smallest absolute Gasteiger partial charge is 0.157 e. The van der Waals surface area contributed by atoms with Crippen molar-refractivity contribution in [3.63, 3.8) is 0 Å². The molecule has 0 bridgehead atoms. The summed E-state index contributed by atoms with van der Waals surface area (Å²) in [5.41, 5.74) is 8.07. The van der Waals surface area contributed by atoms with Crippen LogP contribution in [0.25, 0.3) is 0 Å². The van der Waals surface area contributed by atoms with Gasteiger partial charge in [0.15, 0.2) is 5.78 Å². The molecule has 0 saturated heterocycles. The molecule has 74 valence electrons. The van der Waals surface area contributed by atoms with Gasteiger partial charge in [-0.2, -0.15) is 0 Å². The van der Waals surface area contributed by atoms with Crippen LogP contribution in [0.2, 0.25) is 0 Å². The van der Waals surface area contributed by atoms with Crippen molar-refractivity contribution in [2.24, 2.45) is 5.73 Å². The summed E-state index contributed by atoms with van der Waals surface area (Å²) in [6, 6.07) is 9.85. The summed E-state index contributed by atoms with van der Waals surface area (Å²) in [7, 11) is 0. The number of ketones is 1. The first-order chi connectivity index (χ1) is 6.61. The minimum Gasteiger partial charge on any atom is -0.402 e. The Morgan fingerprint density at radius 2 is 1.79 bits per heavy atom. The van der Waals surface area contributed by atoms with Gasteiger partial charge in [0.25, 0.3) is 0 Å². The van der Waals surface area contributed by atoms with E-state index in [2.05, 4.69) is 0 Å². The second kappa shape index (κ2) is 4.61. The minimum absolute atomic E-state index is 0.0499. The molecule has 2 N–H and O–H groups in total. The first-order valence-electron chi connectivity index (χ1n) is 4.61. The Hall–Kier alpha value is -1.57. The molecule has 0 unspecified atom stereocenters. The molecular formula is C12H15NO. The summed E-state index contributed by atoms with van der Waals surface area (Å²) in [5, 5.41) is 0. The molecule has 0 saturated carbocycles. The molecule has 0 fully saturated rings. The molecule has 1 rings (SSSR count).